The maximum absolute atomic E-state index is 12.1. The van der Waals surface area contributed by atoms with Crippen LogP contribution in [0.5, 0.6) is 0 Å². The van der Waals surface area contributed by atoms with Crippen molar-refractivity contribution >= 4 is 23.2 Å². The summed E-state index contributed by atoms with van der Waals surface area (Å²) in [6.45, 7) is 3.56. The zero-order chi connectivity index (χ0) is 17.1. The van der Waals surface area contributed by atoms with E-state index in [0.29, 0.717) is 6.54 Å². The van der Waals surface area contributed by atoms with Crippen molar-refractivity contribution in [1.82, 2.24) is 19.6 Å². The summed E-state index contributed by atoms with van der Waals surface area (Å²) in [7, 11) is 0. The van der Waals surface area contributed by atoms with Gasteiger partial charge in [0.2, 0.25) is 5.91 Å². The SMILES string of the molecule is CCn1cc(NC(=O)Cn2ncc([N+](=O)[O-])c2C)c(C(N)=O)n1. The third-order valence-corrected chi connectivity index (χ3v) is 3.16. The molecule has 11 nitrogen and oxygen atoms in total. The van der Waals surface area contributed by atoms with E-state index in [2.05, 4.69) is 15.5 Å². The molecule has 0 aliphatic rings. The number of anilines is 1. The predicted octanol–water partition coefficient (Wildman–Crippen LogP) is 0.0537. The Bertz CT molecular complexity index is 776. The first-order valence-electron chi connectivity index (χ1n) is 6.67. The number of rotatable bonds is 6. The molecule has 0 aromatic carbocycles. The lowest BCUT2D eigenvalue weighted by Gasteiger charge is -2.05. The van der Waals surface area contributed by atoms with Crippen molar-refractivity contribution in [1.29, 1.82) is 0 Å². The zero-order valence-corrected chi connectivity index (χ0v) is 12.5. The molecule has 23 heavy (non-hydrogen) atoms. The Morgan fingerprint density at radius 1 is 1.48 bits per heavy atom. The molecule has 2 aromatic heterocycles. The lowest BCUT2D eigenvalue weighted by atomic mass is 10.3. The second kappa shape index (κ2) is 6.25. The molecule has 11 heteroatoms. The van der Waals surface area contributed by atoms with E-state index in [1.54, 1.807) is 0 Å². The smallest absolute Gasteiger partial charge is 0.309 e. The van der Waals surface area contributed by atoms with Crippen LogP contribution in [-0.2, 0) is 17.9 Å². The molecule has 2 heterocycles. The number of carbonyl (C=O) groups is 2. The van der Waals surface area contributed by atoms with E-state index in [1.165, 1.54) is 22.5 Å². The number of nitro groups is 1. The summed E-state index contributed by atoms with van der Waals surface area (Å²) in [6.07, 6.45) is 2.56. The van der Waals surface area contributed by atoms with E-state index in [9.17, 15) is 19.7 Å². The molecule has 0 saturated carbocycles. The van der Waals surface area contributed by atoms with E-state index in [1.807, 2.05) is 6.92 Å². The van der Waals surface area contributed by atoms with Crippen LogP contribution in [0.1, 0.15) is 23.1 Å². The molecule has 3 N–H and O–H groups in total. The van der Waals surface area contributed by atoms with Crippen LogP contribution in [0.25, 0.3) is 0 Å². The first-order valence-corrected chi connectivity index (χ1v) is 6.67. The maximum atomic E-state index is 12.1. The molecular formula is C12H15N7O4. The summed E-state index contributed by atoms with van der Waals surface area (Å²) in [5, 5.41) is 21.0. The zero-order valence-electron chi connectivity index (χ0n) is 12.5. The minimum Gasteiger partial charge on any atom is -0.364 e. The van der Waals surface area contributed by atoms with E-state index >= 15 is 0 Å². The highest BCUT2D eigenvalue weighted by Gasteiger charge is 2.20. The van der Waals surface area contributed by atoms with Gasteiger partial charge in [0.1, 0.15) is 18.4 Å². The molecule has 2 rings (SSSR count). The highest BCUT2D eigenvalue weighted by Crippen LogP contribution is 2.17. The van der Waals surface area contributed by atoms with Crippen molar-refractivity contribution in [2.75, 3.05) is 5.32 Å². The predicted molar refractivity (Wildman–Crippen MR) is 78.7 cm³/mol. The summed E-state index contributed by atoms with van der Waals surface area (Å²) in [6, 6.07) is 0. The van der Waals surface area contributed by atoms with Gasteiger partial charge in [-0.05, 0) is 13.8 Å². The fourth-order valence-corrected chi connectivity index (χ4v) is 1.96. The summed E-state index contributed by atoms with van der Waals surface area (Å²) < 4.78 is 2.65. The van der Waals surface area contributed by atoms with E-state index in [-0.39, 0.29) is 29.3 Å². The van der Waals surface area contributed by atoms with Gasteiger partial charge >= 0.3 is 5.69 Å². The minimum atomic E-state index is -0.765. The van der Waals surface area contributed by atoms with Gasteiger partial charge in [-0.15, -0.1) is 0 Å². The van der Waals surface area contributed by atoms with Gasteiger partial charge in [-0.25, -0.2) is 0 Å². The molecular weight excluding hydrogens is 306 g/mol. The van der Waals surface area contributed by atoms with Crippen LogP contribution in [0.4, 0.5) is 11.4 Å². The number of nitrogens with one attached hydrogen (secondary N) is 1. The first kappa shape index (κ1) is 16.1. The van der Waals surface area contributed by atoms with Crippen molar-refractivity contribution in [2.24, 2.45) is 5.73 Å². The van der Waals surface area contributed by atoms with Gasteiger partial charge in [-0.3, -0.25) is 29.1 Å². The average Bonchev–Trinajstić information content (AvgIpc) is 3.03. The van der Waals surface area contributed by atoms with Gasteiger partial charge in [0.15, 0.2) is 5.69 Å². The van der Waals surface area contributed by atoms with Gasteiger partial charge in [-0.1, -0.05) is 0 Å². The van der Waals surface area contributed by atoms with Crippen LogP contribution in [0.15, 0.2) is 12.4 Å². The topological polar surface area (TPSA) is 151 Å². The van der Waals surface area contributed by atoms with Gasteiger partial charge < -0.3 is 11.1 Å². The molecule has 2 aromatic rings. The maximum Gasteiger partial charge on any atom is 0.309 e. The second-order valence-electron chi connectivity index (χ2n) is 4.69. The van der Waals surface area contributed by atoms with E-state index < -0.39 is 16.7 Å². The number of hydrogen-bond acceptors (Lipinski definition) is 6. The van der Waals surface area contributed by atoms with Crippen molar-refractivity contribution in [3.05, 3.63) is 33.9 Å². The lowest BCUT2D eigenvalue weighted by Crippen LogP contribution is -2.22. The summed E-state index contributed by atoms with van der Waals surface area (Å²) in [4.78, 5) is 33.6. The molecule has 0 aliphatic heterocycles. The molecule has 0 saturated heterocycles. The third kappa shape index (κ3) is 3.33. The van der Waals surface area contributed by atoms with Crippen molar-refractivity contribution in [3.8, 4) is 0 Å². The molecule has 0 radical (unpaired) electrons. The van der Waals surface area contributed by atoms with Crippen molar-refractivity contribution in [2.45, 2.75) is 26.9 Å². The minimum absolute atomic E-state index is 0.0524. The quantitative estimate of drug-likeness (QED) is 0.566. The number of nitrogens with two attached hydrogens (primary N) is 1. The third-order valence-electron chi connectivity index (χ3n) is 3.16. The Morgan fingerprint density at radius 3 is 2.70 bits per heavy atom. The Balaban J connectivity index is 2.15. The van der Waals surface area contributed by atoms with Gasteiger partial charge in [0, 0.05) is 12.7 Å². The Kier molecular flexibility index (Phi) is 4.39. The highest BCUT2D eigenvalue weighted by atomic mass is 16.6. The van der Waals surface area contributed by atoms with Crippen molar-refractivity contribution in [3.63, 3.8) is 0 Å². The fourth-order valence-electron chi connectivity index (χ4n) is 1.96. The molecule has 0 spiro atoms. The fraction of sp³-hybridized carbons (Fsp3) is 0.333. The largest absolute Gasteiger partial charge is 0.364 e. The van der Waals surface area contributed by atoms with E-state index in [4.69, 9.17) is 5.73 Å². The molecule has 0 bridgehead atoms. The van der Waals surface area contributed by atoms with Crippen molar-refractivity contribution < 1.29 is 14.5 Å². The molecule has 0 atom stereocenters. The van der Waals surface area contributed by atoms with E-state index in [0.717, 1.165) is 6.20 Å². The number of aryl methyl sites for hydroxylation is 1. The molecule has 2 amide bonds. The van der Waals surface area contributed by atoms with Crippen LogP contribution >= 0.6 is 0 Å². The molecule has 0 unspecified atom stereocenters. The Morgan fingerprint density at radius 2 is 2.17 bits per heavy atom. The van der Waals surface area contributed by atoms with Gasteiger partial charge in [-0.2, -0.15) is 10.2 Å². The molecule has 122 valence electrons. The van der Waals surface area contributed by atoms with Crippen LogP contribution in [-0.4, -0.2) is 36.3 Å². The number of hydrogen-bond donors (Lipinski definition) is 2. The summed E-state index contributed by atoms with van der Waals surface area (Å²) >= 11 is 0. The van der Waals surface area contributed by atoms with Gasteiger partial charge in [0.25, 0.3) is 5.91 Å². The number of amides is 2. The number of aromatic nitrogens is 4. The molecule has 0 aliphatic carbocycles. The standard InChI is InChI=1S/C12H15N7O4/c1-3-17-5-8(11(16-17)12(13)21)15-10(20)6-18-7(2)9(4-14-18)19(22)23/h4-5H,3,6H2,1-2H3,(H2,13,21)(H,15,20). The Hall–Kier alpha value is -3.24. The lowest BCUT2D eigenvalue weighted by molar-refractivity contribution is -0.385. The second-order valence-corrected chi connectivity index (χ2v) is 4.69. The molecule has 0 fully saturated rings. The van der Waals surface area contributed by atoms with Crippen LogP contribution in [0.3, 0.4) is 0 Å². The summed E-state index contributed by atoms with van der Waals surface area (Å²) in [5.41, 5.74) is 5.43. The van der Waals surface area contributed by atoms with Crippen LogP contribution in [0, 0.1) is 17.0 Å². The van der Waals surface area contributed by atoms with Crippen LogP contribution in [0.2, 0.25) is 0 Å². The van der Waals surface area contributed by atoms with Crippen LogP contribution < -0.4 is 11.1 Å². The normalized spacial score (nSPS) is 10.5. The average molecular weight is 321 g/mol. The van der Waals surface area contributed by atoms with Gasteiger partial charge in [0.05, 0.1) is 10.6 Å². The highest BCUT2D eigenvalue weighted by molar-refractivity contribution is 6.01. The number of nitrogens with zero attached hydrogens (tertiary/aromatic N) is 5. The Labute approximate surface area is 130 Å². The summed E-state index contributed by atoms with van der Waals surface area (Å²) in [5.74, 6) is -1.28. The number of primary amides is 1. The monoisotopic (exact) mass is 321 g/mol. The first-order chi connectivity index (χ1) is 10.8. The number of carbonyl (C=O) groups excluding carboxylic acids is 2.